The van der Waals surface area contributed by atoms with Gasteiger partial charge in [0.25, 0.3) is 0 Å². The summed E-state index contributed by atoms with van der Waals surface area (Å²) in [7, 11) is 0. The second kappa shape index (κ2) is 6.70. The number of fused-ring (bicyclic) bond motifs is 10. The maximum absolute atomic E-state index is 6.55. The molecule has 1 heteroatoms. The van der Waals surface area contributed by atoms with Gasteiger partial charge in [-0.2, -0.15) is 0 Å². The first-order chi connectivity index (χ1) is 16.2. The third-order valence-corrected chi connectivity index (χ3v) is 7.58. The van der Waals surface area contributed by atoms with E-state index in [1.807, 2.05) is 6.07 Å². The molecule has 0 saturated heterocycles. The fourth-order valence-corrected chi connectivity index (χ4v) is 6.58. The Kier molecular flexibility index (Phi) is 3.84. The van der Waals surface area contributed by atoms with Gasteiger partial charge in [-0.25, -0.2) is 0 Å². The van der Waals surface area contributed by atoms with Gasteiger partial charge in [-0.3, -0.25) is 0 Å². The Bertz CT molecular complexity index is 1510. The summed E-state index contributed by atoms with van der Waals surface area (Å²) in [6.45, 7) is 2.11. The molecule has 0 amide bonds. The van der Waals surface area contributed by atoms with E-state index < -0.39 is 0 Å². The van der Waals surface area contributed by atoms with Gasteiger partial charge in [0.1, 0.15) is 0 Å². The van der Waals surface area contributed by atoms with Crippen molar-refractivity contribution >= 4 is 11.6 Å². The lowest BCUT2D eigenvalue weighted by Gasteiger charge is -2.32. The lowest BCUT2D eigenvalue weighted by Crippen LogP contribution is -2.26. The fourth-order valence-electron chi connectivity index (χ4n) is 6.29. The van der Waals surface area contributed by atoms with Crippen LogP contribution in [0.4, 0.5) is 0 Å². The van der Waals surface area contributed by atoms with Crippen molar-refractivity contribution in [3.8, 4) is 33.4 Å². The summed E-state index contributed by atoms with van der Waals surface area (Å²) in [5.41, 5.74) is 14.0. The van der Waals surface area contributed by atoms with Gasteiger partial charge < -0.3 is 0 Å². The lowest BCUT2D eigenvalue weighted by atomic mass is 9.68. The van der Waals surface area contributed by atoms with Crippen molar-refractivity contribution in [2.45, 2.75) is 12.3 Å². The number of aryl methyl sites for hydroxylation is 1. The van der Waals surface area contributed by atoms with Gasteiger partial charge in [0, 0.05) is 5.02 Å². The Morgan fingerprint density at radius 3 is 1.58 bits per heavy atom. The molecule has 0 bridgehead atoms. The zero-order chi connectivity index (χ0) is 22.2. The monoisotopic (exact) mass is 440 g/mol. The molecule has 0 heterocycles. The average Bonchev–Trinajstić information content (AvgIpc) is 3.31. The van der Waals surface area contributed by atoms with Crippen LogP contribution in [0.25, 0.3) is 33.4 Å². The topological polar surface area (TPSA) is 0 Å². The van der Waals surface area contributed by atoms with Crippen LogP contribution in [0.3, 0.4) is 0 Å². The minimum Gasteiger partial charge on any atom is -0.0843 e. The molecule has 0 fully saturated rings. The molecule has 7 rings (SSSR count). The summed E-state index contributed by atoms with van der Waals surface area (Å²) in [5, 5.41) is 0.777. The maximum atomic E-state index is 6.55. The van der Waals surface area contributed by atoms with Crippen molar-refractivity contribution in [3.05, 3.63) is 142 Å². The van der Waals surface area contributed by atoms with E-state index in [-0.39, 0.29) is 5.41 Å². The van der Waals surface area contributed by atoms with Gasteiger partial charge in [-0.15, -0.1) is 0 Å². The third kappa shape index (κ3) is 2.37. The summed E-state index contributed by atoms with van der Waals surface area (Å²) in [4.78, 5) is 0. The van der Waals surface area contributed by atoms with Crippen LogP contribution in [0.15, 0.2) is 109 Å². The van der Waals surface area contributed by atoms with Crippen molar-refractivity contribution in [2.24, 2.45) is 0 Å². The van der Waals surface area contributed by atoms with E-state index in [9.17, 15) is 0 Å². The summed E-state index contributed by atoms with van der Waals surface area (Å²) in [5.74, 6) is 0. The Labute approximate surface area is 199 Å². The first-order valence-electron chi connectivity index (χ1n) is 11.4. The predicted octanol–water partition coefficient (Wildman–Crippen LogP) is 8.66. The van der Waals surface area contributed by atoms with Gasteiger partial charge in [0.2, 0.25) is 0 Å². The van der Waals surface area contributed by atoms with Gasteiger partial charge >= 0.3 is 0 Å². The summed E-state index contributed by atoms with van der Waals surface area (Å²) in [6, 6.07) is 39.9. The molecule has 0 aromatic heterocycles. The Hall–Kier alpha value is -3.61. The second-order valence-electron chi connectivity index (χ2n) is 9.13. The quantitative estimate of drug-likeness (QED) is 0.239. The molecule has 0 aliphatic heterocycles. The minimum atomic E-state index is -0.341. The number of hydrogen-bond donors (Lipinski definition) is 0. The minimum absolute atomic E-state index is 0.341. The zero-order valence-corrected chi connectivity index (χ0v) is 19.0. The van der Waals surface area contributed by atoms with Crippen molar-refractivity contribution in [1.82, 2.24) is 0 Å². The largest absolute Gasteiger partial charge is 0.0843 e. The van der Waals surface area contributed by atoms with E-state index >= 15 is 0 Å². The van der Waals surface area contributed by atoms with Gasteiger partial charge in [0.05, 0.1) is 5.41 Å². The lowest BCUT2D eigenvalue weighted by molar-refractivity contribution is 0.795. The van der Waals surface area contributed by atoms with Crippen molar-refractivity contribution in [3.63, 3.8) is 0 Å². The second-order valence-corrected chi connectivity index (χ2v) is 9.57. The third-order valence-electron chi connectivity index (χ3n) is 7.37. The van der Waals surface area contributed by atoms with Crippen LogP contribution in [0.2, 0.25) is 5.02 Å². The van der Waals surface area contributed by atoms with E-state index in [0.717, 1.165) is 5.02 Å². The number of rotatable bonds is 1. The zero-order valence-electron chi connectivity index (χ0n) is 18.3. The van der Waals surface area contributed by atoms with Crippen LogP contribution in [0, 0.1) is 6.92 Å². The molecule has 0 saturated carbocycles. The van der Waals surface area contributed by atoms with Crippen LogP contribution in [-0.4, -0.2) is 0 Å². The summed E-state index contributed by atoms with van der Waals surface area (Å²) >= 11 is 6.55. The van der Waals surface area contributed by atoms with Gasteiger partial charge in [0.15, 0.2) is 0 Å². The van der Waals surface area contributed by atoms with E-state index in [0.29, 0.717) is 0 Å². The number of halogens is 1. The Balaban J connectivity index is 1.70. The van der Waals surface area contributed by atoms with E-state index in [4.69, 9.17) is 11.6 Å². The van der Waals surface area contributed by atoms with Crippen molar-refractivity contribution in [2.75, 3.05) is 0 Å². The number of hydrogen-bond acceptors (Lipinski definition) is 0. The standard InChI is InChI=1S/C32H21Cl/c1-20-17-21(19-22(33)18-20)23-12-8-13-27-26-11-4-7-16-30(26)32(31(23)27)28-14-5-2-9-24(28)25-10-3-6-15-29(25)32/h2-19H,1H3. The molecule has 0 N–H and O–H groups in total. The van der Waals surface area contributed by atoms with Crippen molar-refractivity contribution in [1.29, 1.82) is 0 Å². The highest BCUT2D eigenvalue weighted by Crippen LogP contribution is 2.64. The summed E-state index contributed by atoms with van der Waals surface area (Å²) in [6.07, 6.45) is 0. The first kappa shape index (κ1) is 18.9. The molecule has 5 aromatic carbocycles. The highest BCUT2D eigenvalue weighted by atomic mass is 35.5. The highest BCUT2D eigenvalue weighted by Gasteiger charge is 2.52. The smallest absolute Gasteiger partial charge is 0.0731 e. The van der Waals surface area contributed by atoms with Crippen LogP contribution >= 0.6 is 11.6 Å². The number of benzene rings is 5. The molecule has 156 valence electrons. The Morgan fingerprint density at radius 1 is 0.515 bits per heavy atom. The normalized spacial score (nSPS) is 14.0. The van der Waals surface area contributed by atoms with E-state index in [2.05, 4.69) is 110 Å². The Morgan fingerprint density at radius 2 is 1.00 bits per heavy atom. The van der Waals surface area contributed by atoms with E-state index in [1.54, 1.807) is 0 Å². The van der Waals surface area contributed by atoms with Gasteiger partial charge in [-0.05, 0) is 80.3 Å². The molecule has 1 spiro atoms. The molecule has 2 aliphatic carbocycles. The fraction of sp³-hybridized carbons (Fsp3) is 0.0625. The maximum Gasteiger partial charge on any atom is 0.0731 e. The molecular weight excluding hydrogens is 420 g/mol. The molecule has 0 nitrogen and oxygen atoms in total. The molecule has 2 aliphatic rings. The van der Waals surface area contributed by atoms with E-state index in [1.165, 1.54) is 61.2 Å². The molecule has 5 aromatic rings. The van der Waals surface area contributed by atoms with Crippen LogP contribution < -0.4 is 0 Å². The SMILES string of the molecule is Cc1cc(Cl)cc(-c2cccc3c2C2(c4ccccc4-c4ccccc42)c2ccccc2-3)c1. The predicted molar refractivity (Wildman–Crippen MR) is 138 cm³/mol. The van der Waals surface area contributed by atoms with Crippen molar-refractivity contribution < 1.29 is 0 Å². The summed E-state index contributed by atoms with van der Waals surface area (Å²) < 4.78 is 0. The van der Waals surface area contributed by atoms with Crippen LogP contribution in [0.1, 0.15) is 27.8 Å². The molecule has 33 heavy (non-hydrogen) atoms. The molecule has 0 radical (unpaired) electrons. The average molecular weight is 441 g/mol. The van der Waals surface area contributed by atoms with Crippen LogP contribution in [0.5, 0.6) is 0 Å². The molecule has 0 unspecified atom stereocenters. The molecule has 0 atom stereocenters. The van der Waals surface area contributed by atoms with Gasteiger partial charge in [-0.1, -0.05) is 109 Å². The first-order valence-corrected chi connectivity index (χ1v) is 11.8. The van der Waals surface area contributed by atoms with Crippen LogP contribution in [-0.2, 0) is 5.41 Å². The highest BCUT2D eigenvalue weighted by molar-refractivity contribution is 6.31. The molecular formula is C32H21Cl.